The lowest BCUT2D eigenvalue weighted by atomic mass is 10.2. The normalized spacial score (nSPS) is 12.2. The Morgan fingerprint density at radius 3 is 2.56 bits per heavy atom. The predicted octanol–water partition coefficient (Wildman–Crippen LogP) is 2.06. The van der Waals surface area contributed by atoms with Gasteiger partial charge in [0.1, 0.15) is 0 Å². The fourth-order valence-electron chi connectivity index (χ4n) is 1.55. The van der Waals surface area contributed by atoms with Crippen molar-refractivity contribution in [3.8, 4) is 0 Å². The van der Waals surface area contributed by atoms with Crippen molar-refractivity contribution >= 4 is 17.7 Å². The first kappa shape index (κ1) is 15.0. The summed E-state index contributed by atoms with van der Waals surface area (Å²) < 4.78 is 0. The quantitative estimate of drug-likeness (QED) is 0.802. The third-order valence-electron chi connectivity index (χ3n) is 2.74. The van der Waals surface area contributed by atoms with Crippen LogP contribution in [-0.2, 0) is 4.79 Å². The van der Waals surface area contributed by atoms with Crippen LogP contribution in [0.4, 0.5) is 0 Å². The first-order chi connectivity index (χ1) is 8.58. The molecule has 0 unspecified atom stereocenters. The van der Waals surface area contributed by atoms with Crippen LogP contribution in [0.15, 0.2) is 23.4 Å². The van der Waals surface area contributed by atoms with Gasteiger partial charge in [0, 0.05) is 25.3 Å². The van der Waals surface area contributed by atoms with E-state index < -0.39 is 0 Å². The molecule has 1 aromatic heterocycles. The summed E-state index contributed by atoms with van der Waals surface area (Å²) in [5.74, 6) is 0.592. The number of hydrogen-bond donors (Lipinski definition) is 1. The first-order valence-electron chi connectivity index (χ1n) is 6.20. The summed E-state index contributed by atoms with van der Waals surface area (Å²) in [5.41, 5.74) is 6.76. The van der Waals surface area contributed by atoms with Crippen LogP contribution in [0, 0.1) is 0 Å². The molecule has 1 rings (SSSR count). The highest BCUT2D eigenvalue weighted by atomic mass is 32.2. The minimum atomic E-state index is -0.00569. The molecule has 1 heterocycles. The fraction of sp³-hybridized carbons (Fsp3) is 0.538. The number of thioether (sulfide) groups is 1. The van der Waals surface area contributed by atoms with Crippen molar-refractivity contribution in [1.29, 1.82) is 0 Å². The Hall–Kier alpha value is -1.07. The zero-order valence-electron chi connectivity index (χ0n) is 11.2. The van der Waals surface area contributed by atoms with Gasteiger partial charge in [-0.2, -0.15) is 0 Å². The lowest BCUT2D eigenvalue weighted by Crippen LogP contribution is -2.31. The van der Waals surface area contributed by atoms with Crippen molar-refractivity contribution in [1.82, 2.24) is 9.88 Å². The zero-order valence-corrected chi connectivity index (χ0v) is 12.0. The van der Waals surface area contributed by atoms with Crippen LogP contribution >= 0.6 is 11.8 Å². The summed E-state index contributed by atoms with van der Waals surface area (Å²) in [6.45, 7) is 7.41. The second-order valence-electron chi connectivity index (χ2n) is 4.07. The molecule has 0 aliphatic carbocycles. The van der Waals surface area contributed by atoms with Gasteiger partial charge in [-0.1, -0.05) is 17.8 Å². The third kappa shape index (κ3) is 4.31. The molecule has 0 bridgehead atoms. The summed E-state index contributed by atoms with van der Waals surface area (Å²) in [7, 11) is 0. The molecule has 100 valence electrons. The average Bonchev–Trinajstić information content (AvgIpc) is 2.38. The molecular formula is C13H21N3OS. The van der Waals surface area contributed by atoms with Gasteiger partial charge in [-0.25, -0.2) is 4.98 Å². The number of pyridine rings is 1. The molecule has 0 radical (unpaired) electrons. The Kier molecular flexibility index (Phi) is 6.15. The van der Waals surface area contributed by atoms with E-state index in [2.05, 4.69) is 4.98 Å². The SMILES string of the molecule is CCN(CC)C(=O)CSc1ccc([C@@H](C)N)cn1. The highest BCUT2D eigenvalue weighted by molar-refractivity contribution is 7.99. The Morgan fingerprint density at radius 1 is 1.44 bits per heavy atom. The molecule has 0 aromatic carbocycles. The lowest BCUT2D eigenvalue weighted by molar-refractivity contribution is -0.127. The van der Waals surface area contributed by atoms with Crippen molar-refractivity contribution in [2.24, 2.45) is 5.73 Å². The number of hydrogen-bond acceptors (Lipinski definition) is 4. The summed E-state index contributed by atoms with van der Waals surface area (Å²) in [6, 6.07) is 3.87. The van der Waals surface area contributed by atoms with E-state index in [1.165, 1.54) is 11.8 Å². The molecule has 0 fully saturated rings. The Balaban J connectivity index is 2.51. The van der Waals surface area contributed by atoms with Gasteiger partial charge >= 0.3 is 0 Å². The monoisotopic (exact) mass is 267 g/mol. The maximum absolute atomic E-state index is 11.8. The lowest BCUT2D eigenvalue weighted by Gasteiger charge is -2.18. The van der Waals surface area contributed by atoms with Crippen LogP contribution in [0.25, 0.3) is 0 Å². The maximum atomic E-state index is 11.8. The number of aromatic nitrogens is 1. The second-order valence-corrected chi connectivity index (χ2v) is 5.07. The van der Waals surface area contributed by atoms with Crippen LogP contribution in [0.2, 0.25) is 0 Å². The van der Waals surface area contributed by atoms with Crippen LogP contribution in [0.1, 0.15) is 32.4 Å². The largest absolute Gasteiger partial charge is 0.343 e. The van der Waals surface area contributed by atoms with E-state index in [1.807, 2.05) is 37.8 Å². The van der Waals surface area contributed by atoms with E-state index in [9.17, 15) is 4.79 Å². The van der Waals surface area contributed by atoms with E-state index in [-0.39, 0.29) is 11.9 Å². The fourth-order valence-corrected chi connectivity index (χ4v) is 2.30. The molecule has 4 nitrogen and oxygen atoms in total. The van der Waals surface area contributed by atoms with Crippen LogP contribution in [0.3, 0.4) is 0 Å². The number of carbonyl (C=O) groups is 1. The minimum absolute atomic E-state index is 0.00569. The molecule has 0 saturated carbocycles. The van der Waals surface area contributed by atoms with E-state index >= 15 is 0 Å². The van der Waals surface area contributed by atoms with Gasteiger partial charge in [0.25, 0.3) is 0 Å². The van der Waals surface area contributed by atoms with E-state index in [4.69, 9.17) is 5.73 Å². The number of carbonyl (C=O) groups excluding carboxylic acids is 1. The summed E-state index contributed by atoms with van der Waals surface area (Å²) in [4.78, 5) is 17.9. The number of rotatable bonds is 6. The first-order valence-corrected chi connectivity index (χ1v) is 7.19. The summed E-state index contributed by atoms with van der Waals surface area (Å²) in [5, 5.41) is 0.861. The van der Waals surface area contributed by atoms with Crippen LogP contribution in [0.5, 0.6) is 0 Å². The van der Waals surface area contributed by atoms with E-state index in [0.29, 0.717) is 5.75 Å². The molecule has 18 heavy (non-hydrogen) atoms. The van der Waals surface area contributed by atoms with Gasteiger partial charge in [-0.3, -0.25) is 4.79 Å². The predicted molar refractivity (Wildman–Crippen MR) is 75.5 cm³/mol. The molecule has 0 aliphatic rings. The van der Waals surface area contributed by atoms with Crippen molar-refractivity contribution in [3.63, 3.8) is 0 Å². The van der Waals surface area contributed by atoms with Crippen LogP contribution in [-0.4, -0.2) is 34.6 Å². The highest BCUT2D eigenvalue weighted by Gasteiger charge is 2.10. The summed E-state index contributed by atoms with van der Waals surface area (Å²) in [6.07, 6.45) is 1.77. The minimum Gasteiger partial charge on any atom is -0.343 e. The molecule has 0 saturated heterocycles. The number of nitrogens with two attached hydrogens (primary N) is 1. The summed E-state index contributed by atoms with van der Waals surface area (Å²) >= 11 is 1.46. The van der Waals surface area contributed by atoms with Gasteiger partial charge < -0.3 is 10.6 Å². The van der Waals surface area contributed by atoms with Gasteiger partial charge in [0.2, 0.25) is 5.91 Å². The Morgan fingerprint density at radius 2 is 2.11 bits per heavy atom. The molecule has 1 amide bonds. The van der Waals surface area contributed by atoms with Gasteiger partial charge in [-0.05, 0) is 32.4 Å². The van der Waals surface area contributed by atoms with E-state index in [0.717, 1.165) is 23.7 Å². The number of nitrogens with zero attached hydrogens (tertiary/aromatic N) is 2. The molecule has 2 N–H and O–H groups in total. The smallest absolute Gasteiger partial charge is 0.232 e. The molecule has 1 atom stereocenters. The number of amides is 1. The van der Waals surface area contributed by atoms with Crippen molar-refractivity contribution in [2.75, 3.05) is 18.8 Å². The Labute approximate surface area is 113 Å². The third-order valence-corrected chi connectivity index (χ3v) is 3.67. The Bertz CT molecular complexity index is 374. The maximum Gasteiger partial charge on any atom is 0.232 e. The molecule has 1 aromatic rings. The second kappa shape index (κ2) is 7.38. The highest BCUT2D eigenvalue weighted by Crippen LogP contribution is 2.17. The average molecular weight is 267 g/mol. The van der Waals surface area contributed by atoms with E-state index in [1.54, 1.807) is 6.20 Å². The molecule has 5 heteroatoms. The molecular weight excluding hydrogens is 246 g/mol. The van der Waals surface area contributed by atoms with Crippen molar-refractivity contribution < 1.29 is 4.79 Å². The van der Waals surface area contributed by atoms with Crippen molar-refractivity contribution in [3.05, 3.63) is 23.9 Å². The standard InChI is InChI=1S/C13H21N3OS/c1-4-16(5-2)13(17)9-18-12-7-6-11(8-15-12)10(3)14/h6-8,10H,4-5,9,14H2,1-3H3/t10-/m1/s1. The van der Waals surface area contributed by atoms with Crippen LogP contribution < -0.4 is 5.73 Å². The van der Waals surface area contributed by atoms with Crippen molar-refractivity contribution in [2.45, 2.75) is 31.8 Å². The van der Waals surface area contributed by atoms with Gasteiger partial charge in [0.15, 0.2) is 0 Å². The topological polar surface area (TPSA) is 59.2 Å². The van der Waals surface area contributed by atoms with Gasteiger partial charge in [-0.15, -0.1) is 0 Å². The molecule has 0 aliphatic heterocycles. The van der Waals surface area contributed by atoms with Gasteiger partial charge in [0.05, 0.1) is 10.8 Å². The molecule has 0 spiro atoms. The zero-order chi connectivity index (χ0) is 13.5.